The Bertz CT molecular complexity index is 1070. The number of rotatable bonds is 9. The molecule has 3 atom stereocenters. The first-order chi connectivity index (χ1) is 17.2. The highest BCUT2D eigenvalue weighted by Crippen LogP contribution is 2.37. The van der Waals surface area contributed by atoms with E-state index in [4.69, 9.17) is 4.74 Å². The van der Waals surface area contributed by atoms with Crippen molar-refractivity contribution in [2.24, 2.45) is 11.3 Å². The van der Waals surface area contributed by atoms with Crippen LogP contribution in [0.15, 0.2) is 42.0 Å². The predicted molar refractivity (Wildman–Crippen MR) is 136 cm³/mol. The van der Waals surface area contributed by atoms with Gasteiger partial charge in [0.2, 0.25) is 5.91 Å². The molecule has 0 spiro atoms. The van der Waals surface area contributed by atoms with Gasteiger partial charge in [-0.05, 0) is 36.9 Å². The largest absolute Gasteiger partial charge is 0.442 e. The fourth-order valence-corrected chi connectivity index (χ4v) is 5.42. The molecule has 3 aliphatic rings. The van der Waals surface area contributed by atoms with Crippen LogP contribution in [0.4, 0.5) is 14.9 Å². The summed E-state index contributed by atoms with van der Waals surface area (Å²) in [5.74, 6) is -0.799. The number of hydrogen-bond donors (Lipinski definition) is 2. The average molecular weight is 498 g/mol. The number of cyclic esters (lactones) is 1. The monoisotopic (exact) mass is 497 g/mol. The van der Waals surface area contributed by atoms with Crippen LogP contribution in [-0.2, 0) is 14.3 Å². The number of allylic oxidation sites excluding steroid dienone is 4. The van der Waals surface area contributed by atoms with Crippen molar-refractivity contribution in [3.8, 4) is 0 Å². The topological polar surface area (TPSA) is 87.7 Å². The maximum absolute atomic E-state index is 14.7. The van der Waals surface area contributed by atoms with Gasteiger partial charge in [0, 0.05) is 36.8 Å². The van der Waals surface area contributed by atoms with Gasteiger partial charge in [0.15, 0.2) is 0 Å². The minimum atomic E-state index is -0.548. The molecule has 1 aromatic carbocycles. The molecule has 36 heavy (non-hydrogen) atoms. The molecular formula is C28H36FN3O4. The highest BCUT2D eigenvalue weighted by molar-refractivity contribution is 5.91. The van der Waals surface area contributed by atoms with E-state index in [1.54, 1.807) is 12.1 Å². The molecule has 2 heterocycles. The number of amides is 2. The molecule has 2 saturated heterocycles. The summed E-state index contributed by atoms with van der Waals surface area (Å²) in [7, 11) is 0. The number of benzene rings is 1. The summed E-state index contributed by atoms with van der Waals surface area (Å²) in [6, 6.07) is 4.75. The van der Waals surface area contributed by atoms with Gasteiger partial charge in [-0.15, -0.1) is 0 Å². The molecule has 0 aromatic heterocycles. The van der Waals surface area contributed by atoms with Crippen LogP contribution in [-0.4, -0.2) is 50.1 Å². The van der Waals surface area contributed by atoms with Gasteiger partial charge in [-0.1, -0.05) is 50.6 Å². The minimum Gasteiger partial charge on any atom is -0.442 e. The first-order valence-corrected chi connectivity index (χ1v) is 12.9. The number of anilines is 1. The van der Waals surface area contributed by atoms with E-state index in [1.807, 2.05) is 26.0 Å². The normalized spacial score (nSPS) is 25.0. The van der Waals surface area contributed by atoms with Gasteiger partial charge in [0.1, 0.15) is 17.7 Å². The summed E-state index contributed by atoms with van der Waals surface area (Å²) >= 11 is 0. The molecule has 1 aliphatic carbocycles. The van der Waals surface area contributed by atoms with Crippen molar-refractivity contribution in [1.82, 2.24) is 10.6 Å². The van der Waals surface area contributed by atoms with Crippen molar-refractivity contribution in [2.45, 2.75) is 58.5 Å². The number of nitrogens with zero attached hydrogens (tertiary/aromatic N) is 1. The van der Waals surface area contributed by atoms with Crippen molar-refractivity contribution >= 4 is 23.5 Å². The zero-order valence-electron chi connectivity index (χ0n) is 21.3. The number of halogens is 1. The molecule has 2 N–H and O–H groups in total. The van der Waals surface area contributed by atoms with Crippen LogP contribution in [0.2, 0.25) is 0 Å². The number of nitrogens with one attached hydrogen (secondary N) is 2. The molecule has 2 unspecified atom stereocenters. The Hall–Kier alpha value is -3.00. The fraction of sp³-hybridized carbons (Fsp3) is 0.536. The first kappa shape index (κ1) is 26.1. The van der Waals surface area contributed by atoms with Crippen molar-refractivity contribution in [2.75, 3.05) is 31.1 Å². The lowest BCUT2D eigenvalue weighted by Gasteiger charge is -2.32. The van der Waals surface area contributed by atoms with E-state index < -0.39 is 12.2 Å². The van der Waals surface area contributed by atoms with Gasteiger partial charge in [0.25, 0.3) is 0 Å². The molecule has 2 aliphatic heterocycles. The van der Waals surface area contributed by atoms with Gasteiger partial charge in [-0.25, -0.2) is 9.18 Å². The SMILES string of the molecule is CCC1=CC(C)(C)[C@@H](C(=O)CCC(=O)NCC2CN(c3cccc(F)c3C3CCNC3)C(=O)O2)C=C1. The second-order valence-electron chi connectivity index (χ2n) is 10.5. The highest BCUT2D eigenvalue weighted by Gasteiger charge is 2.36. The maximum Gasteiger partial charge on any atom is 0.414 e. The Morgan fingerprint density at radius 3 is 2.78 bits per heavy atom. The summed E-state index contributed by atoms with van der Waals surface area (Å²) in [6.45, 7) is 8.02. The lowest BCUT2D eigenvalue weighted by atomic mass is 9.71. The Balaban J connectivity index is 1.29. The Morgan fingerprint density at radius 2 is 2.08 bits per heavy atom. The van der Waals surface area contributed by atoms with Gasteiger partial charge in [0.05, 0.1) is 18.8 Å². The fourth-order valence-electron chi connectivity index (χ4n) is 5.42. The number of ketones is 1. The summed E-state index contributed by atoms with van der Waals surface area (Å²) in [5.41, 5.74) is 1.99. The Kier molecular flexibility index (Phi) is 7.93. The summed E-state index contributed by atoms with van der Waals surface area (Å²) in [6.07, 6.45) is 6.96. The smallest absolute Gasteiger partial charge is 0.414 e. The number of ether oxygens (including phenoxy) is 1. The van der Waals surface area contributed by atoms with Gasteiger partial charge in [-0.3, -0.25) is 14.5 Å². The quantitative estimate of drug-likeness (QED) is 0.533. The lowest BCUT2D eigenvalue weighted by Crippen LogP contribution is -2.35. The molecule has 8 heteroatoms. The van der Waals surface area contributed by atoms with E-state index in [9.17, 15) is 18.8 Å². The molecule has 0 saturated carbocycles. The summed E-state index contributed by atoms with van der Waals surface area (Å²) in [5, 5.41) is 6.02. The molecule has 7 nitrogen and oxygen atoms in total. The molecule has 2 amide bonds. The second kappa shape index (κ2) is 10.9. The summed E-state index contributed by atoms with van der Waals surface area (Å²) in [4.78, 5) is 39.3. The van der Waals surface area contributed by atoms with Crippen molar-refractivity contribution in [1.29, 1.82) is 0 Å². The van der Waals surface area contributed by atoms with Crippen molar-refractivity contribution in [3.63, 3.8) is 0 Å². The third-order valence-corrected chi connectivity index (χ3v) is 7.41. The van der Waals surface area contributed by atoms with Crippen molar-refractivity contribution < 1.29 is 23.5 Å². The van der Waals surface area contributed by atoms with Crippen LogP contribution < -0.4 is 15.5 Å². The van der Waals surface area contributed by atoms with E-state index in [2.05, 4.69) is 23.6 Å². The second-order valence-corrected chi connectivity index (χ2v) is 10.5. The summed E-state index contributed by atoms with van der Waals surface area (Å²) < 4.78 is 20.2. The van der Waals surface area contributed by atoms with E-state index in [0.29, 0.717) is 17.8 Å². The predicted octanol–water partition coefficient (Wildman–Crippen LogP) is 4.24. The maximum atomic E-state index is 14.7. The van der Waals surface area contributed by atoms with Crippen LogP contribution in [0.5, 0.6) is 0 Å². The molecule has 194 valence electrons. The third-order valence-electron chi connectivity index (χ3n) is 7.41. The van der Waals surface area contributed by atoms with Crippen molar-refractivity contribution in [3.05, 3.63) is 53.4 Å². The van der Waals surface area contributed by atoms with E-state index >= 15 is 0 Å². The molecule has 0 bridgehead atoms. The van der Waals surface area contributed by atoms with Crippen LogP contribution in [0.1, 0.15) is 57.9 Å². The number of Topliss-reactive ketones (excluding diaryl/α,β-unsaturated/α-hetero) is 1. The third kappa shape index (κ3) is 5.69. The molecule has 2 fully saturated rings. The van der Waals surface area contributed by atoms with Gasteiger partial charge in [-0.2, -0.15) is 0 Å². The first-order valence-electron chi connectivity index (χ1n) is 12.9. The van der Waals surface area contributed by atoms with E-state index in [-0.39, 0.29) is 60.7 Å². The zero-order valence-corrected chi connectivity index (χ0v) is 21.3. The zero-order chi connectivity index (χ0) is 25.9. The highest BCUT2D eigenvalue weighted by atomic mass is 19.1. The lowest BCUT2D eigenvalue weighted by molar-refractivity contribution is -0.128. The van der Waals surface area contributed by atoms with Crippen LogP contribution >= 0.6 is 0 Å². The molecule has 4 rings (SSSR count). The Labute approximate surface area is 212 Å². The van der Waals surface area contributed by atoms with Gasteiger partial charge < -0.3 is 15.4 Å². The Morgan fingerprint density at radius 1 is 1.28 bits per heavy atom. The van der Waals surface area contributed by atoms with Crippen LogP contribution in [0, 0.1) is 17.2 Å². The molecule has 1 aromatic rings. The molecular weight excluding hydrogens is 461 g/mol. The molecule has 0 radical (unpaired) electrons. The van der Waals surface area contributed by atoms with E-state index in [1.165, 1.54) is 16.5 Å². The minimum absolute atomic E-state index is 0.00155. The van der Waals surface area contributed by atoms with Crippen LogP contribution in [0.3, 0.4) is 0 Å². The number of carbonyl (C=O) groups excluding carboxylic acids is 3. The van der Waals surface area contributed by atoms with E-state index in [0.717, 1.165) is 19.4 Å². The van der Waals surface area contributed by atoms with Crippen LogP contribution in [0.25, 0.3) is 0 Å². The number of carbonyl (C=O) groups is 3. The average Bonchev–Trinajstić information content (AvgIpc) is 3.50. The number of hydrogen-bond acceptors (Lipinski definition) is 5. The van der Waals surface area contributed by atoms with Gasteiger partial charge >= 0.3 is 6.09 Å². The standard InChI is InChI=1S/C28H36FN3O4/c1-4-18-8-9-21(28(2,3)14-18)24(33)10-11-25(34)31-16-20-17-32(27(35)36-20)23-7-5-6-22(29)26(23)19-12-13-30-15-19/h5-9,14,19-21,30H,4,10-13,15-17H2,1-3H3,(H,31,34)/t19?,20?,21-/m1/s1.